The Bertz CT molecular complexity index is 339. The summed E-state index contributed by atoms with van der Waals surface area (Å²) in [5.41, 5.74) is 1.01. The van der Waals surface area contributed by atoms with Gasteiger partial charge >= 0.3 is 0 Å². The molecule has 0 aromatic heterocycles. The Morgan fingerprint density at radius 3 is 2.40 bits per heavy atom. The van der Waals surface area contributed by atoms with Crippen LogP contribution in [0.2, 0.25) is 5.02 Å². The third-order valence-electron chi connectivity index (χ3n) is 2.41. The molecule has 0 unspecified atom stereocenters. The summed E-state index contributed by atoms with van der Waals surface area (Å²) in [5.74, 6) is 0. The number of halogens is 1. The first-order chi connectivity index (χ1) is 7.08. The van der Waals surface area contributed by atoms with Gasteiger partial charge in [0.25, 0.3) is 0 Å². The highest BCUT2D eigenvalue weighted by atomic mass is 35.5. The molecule has 1 heterocycles. The molecule has 1 aliphatic rings. The molecule has 0 N–H and O–H groups in total. The second-order valence-corrected chi connectivity index (χ2v) is 5.05. The maximum Gasteiger partial charge on any atom is 0.185 e. The van der Waals surface area contributed by atoms with Crippen LogP contribution in [-0.4, -0.2) is 13.2 Å². The summed E-state index contributed by atoms with van der Waals surface area (Å²) in [6.45, 7) is 5.64. The van der Waals surface area contributed by atoms with E-state index in [-0.39, 0.29) is 11.7 Å². The van der Waals surface area contributed by atoms with Crippen molar-refractivity contribution < 1.29 is 9.47 Å². The molecular formula is C12H15ClO2. The van der Waals surface area contributed by atoms with Crippen molar-refractivity contribution in [1.29, 1.82) is 0 Å². The molecule has 1 saturated heterocycles. The van der Waals surface area contributed by atoms with E-state index in [0.717, 1.165) is 5.56 Å². The SMILES string of the molecule is CC1(C)COC(c2ccccc2Cl)OC1. The first kappa shape index (κ1) is 10.9. The van der Waals surface area contributed by atoms with E-state index in [0.29, 0.717) is 18.2 Å². The summed E-state index contributed by atoms with van der Waals surface area (Å²) in [4.78, 5) is 0. The Labute approximate surface area is 95.1 Å². The highest BCUT2D eigenvalue weighted by molar-refractivity contribution is 6.31. The quantitative estimate of drug-likeness (QED) is 0.731. The molecule has 2 rings (SSSR count). The molecule has 1 fully saturated rings. The molecule has 1 aromatic carbocycles. The minimum atomic E-state index is -0.313. The van der Waals surface area contributed by atoms with Gasteiger partial charge in [-0.2, -0.15) is 0 Å². The minimum absolute atomic E-state index is 0.0950. The van der Waals surface area contributed by atoms with E-state index in [1.807, 2.05) is 24.3 Å². The fourth-order valence-electron chi connectivity index (χ4n) is 1.54. The summed E-state index contributed by atoms with van der Waals surface area (Å²) >= 11 is 6.07. The topological polar surface area (TPSA) is 18.5 Å². The van der Waals surface area contributed by atoms with Crippen molar-refractivity contribution >= 4 is 11.6 Å². The Hall–Kier alpha value is -0.570. The first-order valence-corrected chi connectivity index (χ1v) is 5.44. The zero-order chi connectivity index (χ0) is 10.9. The van der Waals surface area contributed by atoms with E-state index >= 15 is 0 Å². The van der Waals surface area contributed by atoms with Crippen molar-refractivity contribution in [3.63, 3.8) is 0 Å². The van der Waals surface area contributed by atoms with Crippen LogP contribution in [0, 0.1) is 5.41 Å². The third-order valence-corrected chi connectivity index (χ3v) is 2.75. The lowest BCUT2D eigenvalue weighted by Gasteiger charge is -2.34. The van der Waals surface area contributed by atoms with Crippen LogP contribution in [0.1, 0.15) is 25.7 Å². The smallest absolute Gasteiger partial charge is 0.185 e. The van der Waals surface area contributed by atoms with Crippen LogP contribution < -0.4 is 0 Å². The molecule has 82 valence electrons. The predicted molar refractivity (Wildman–Crippen MR) is 59.9 cm³/mol. The Balaban J connectivity index is 2.11. The van der Waals surface area contributed by atoms with Crippen LogP contribution in [0.3, 0.4) is 0 Å². The van der Waals surface area contributed by atoms with Crippen molar-refractivity contribution in [1.82, 2.24) is 0 Å². The lowest BCUT2D eigenvalue weighted by atomic mass is 9.95. The van der Waals surface area contributed by atoms with E-state index in [2.05, 4.69) is 13.8 Å². The second kappa shape index (κ2) is 4.12. The van der Waals surface area contributed by atoms with Crippen LogP contribution >= 0.6 is 11.6 Å². The summed E-state index contributed by atoms with van der Waals surface area (Å²) in [5, 5.41) is 0.696. The zero-order valence-corrected chi connectivity index (χ0v) is 9.75. The van der Waals surface area contributed by atoms with Crippen LogP contribution in [0.5, 0.6) is 0 Å². The number of rotatable bonds is 1. The molecule has 1 aromatic rings. The third kappa shape index (κ3) is 2.51. The van der Waals surface area contributed by atoms with Crippen LogP contribution in [0.25, 0.3) is 0 Å². The van der Waals surface area contributed by atoms with Gasteiger partial charge in [-0.15, -0.1) is 0 Å². The molecule has 0 aliphatic carbocycles. The van der Waals surface area contributed by atoms with E-state index in [4.69, 9.17) is 21.1 Å². The van der Waals surface area contributed by atoms with Crippen LogP contribution in [-0.2, 0) is 9.47 Å². The summed E-state index contributed by atoms with van der Waals surface area (Å²) in [6.07, 6.45) is -0.313. The van der Waals surface area contributed by atoms with Gasteiger partial charge in [0.2, 0.25) is 0 Å². The van der Waals surface area contributed by atoms with Crippen molar-refractivity contribution in [3.05, 3.63) is 34.9 Å². The Morgan fingerprint density at radius 1 is 1.20 bits per heavy atom. The maximum atomic E-state index is 6.07. The van der Waals surface area contributed by atoms with Gasteiger partial charge in [0.05, 0.1) is 13.2 Å². The van der Waals surface area contributed by atoms with Gasteiger partial charge < -0.3 is 9.47 Å². The molecule has 2 nitrogen and oxygen atoms in total. The molecule has 0 saturated carbocycles. The summed E-state index contributed by atoms with van der Waals surface area (Å²) < 4.78 is 11.3. The fourth-order valence-corrected chi connectivity index (χ4v) is 1.76. The predicted octanol–water partition coefficient (Wildman–Crippen LogP) is 3.41. The van der Waals surface area contributed by atoms with Gasteiger partial charge in [-0.25, -0.2) is 0 Å². The van der Waals surface area contributed by atoms with Crippen molar-refractivity contribution in [2.75, 3.05) is 13.2 Å². The Kier molecular flexibility index (Phi) is 3.01. The maximum absolute atomic E-state index is 6.07. The lowest BCUT2D eigenvalue weighted by molar-refractivity contribution is -0.226. The minimum Gasteiger partial charge on any atom is -0.348 e. The van der Waals surface area contributed by atoms with Crippen LogP contribution in [0.15, 0.2) is 24.3 Å². The number of hydrogen-bond donors (Lipinski definition) is 0. The zero-order valence-electron chi connectivity index (χ0n) is 9.00. The van der Waals surface area contributed by atoms with Crippen molar-refractivity contribution in [2.45, 2.75) is 20.1 Å². The van der Waals surface area contributed by atoms with E-state index < -0.39 is 0 Å². The molecule has 15 heavy (non-hydrogen) atoms. The Morgan fingerprint density at radius 2 is 1.80 bits per heavy atom. The number of hydrogen-bond acceptors (Lipinski definition) is 2. The van der Waals surface area contributed by atoms with Gasteiger partial charge in [-0.05, 0) is 6.07 Å². The largest absolute Gasteiger partial charge is 0.348 e. The van der Waals surface area contributed by atoms with Gasteiger partial charge in [-0.3, -0.25) is 0 Å². The van der Waals surface area contributed by atoms with Gasteiger partial charge in [0.15, 0.2) is 6.29 Å². The number of ether oxygens (including phenoxy) is 2. The number of benzene rings is 1. The fraction of sp³-hybridized carbons (Fsp3) is 0.500. The standard InChI is InChI=1S/C12H15ClO2/c1-12(2)7-14-11(15-8-12)9-5-3-4-6-10(9)13/h3-6,11H,7-8H2,1-2H3. The lowest BCUT2D eigenvalue weighted by Crippen LogP contribution is -2.33. The molecule has 0 radical (unpaired) electrons. The summed E-state index contributed by atoms with van der Waals surface area (Å²) in [6, 6.07) is 7.63. The van der Waals surface area contributed by atoms with E-state index in [9.17, 15) is 0 Å². The molecular weight excluding hydrogens is 212 g/mol. The second-order valence-electron chi connectivity index (χ2n) is 4.64. The molecule has 0 spiro atoms. The molecule has 1 aliphatic heterocycles. The summed E-state index contributed by atoms with van der Waals surface area (Å²) in [7, 11) is 0. The van der Waals surface area contributed by atoms with Crippen LogP contribution in [0.4, 0.5) is 0 Å². The monoisotopic (exact) mass is 226 g/mol. The molecule has 0 atom stereocenters. The normalized spacial score (nSPS) is 21.5. The van der Waals surface area contributed by atoms with Gasteiger partial charge in [-0.1, -0.05) is 43.6 Å². The average Bonchev–Trinajstić information content (AvgIpc) is 2.19. The van der Waals surface area contributed by atoms with Gasteiger partial charge in [0.1, 0.15) is 0 Å². The van der Waals surface area contributed by atoms with E-state index in [1.54, 1.807) is 0 Å². The van der Waals surface area contributed by atoms with Crippen molar-refractivity contribution in [3.8, 4) is 0 Å². The first-order valence-electron chi connectivity index (χ1n) is 5.06. The van der Waals surface area contributed by atoms with E-state index in [1.165, 1.54) is 0 Å². The molecule has 0 bridgehead atoms. The molecule has 0 amide bonds. The highest BCUT2D eigenvalue weighted by Crippen LogP contribution is 2.33. The average molecular weight is 227 g/mol. The highest BCUT2D eigenvalue weighted by Gasteiger charge is 2.29. The van der Waals surface area contributed by atoms with Gasteiger partial charge in [0, 0.05) is 16.0 Å². The van der Waals surface area contributed by atoms with Crippen molar-refractivity contribution in [2.24, 2.45) is 5.41 Å². The molecule has 3 heteroatoms.